The van der Waals surface area contributed by atoms with E-state index in [0.29, 0.717) is 23.7 Å². The van der Waals surface area contributed by atoms with Crippen LogP contribution in [0.1, 0.15) is 13.3 Å². The van der Waals surface area contributed by atoms with Gasteiger partial charge in [-0.3, -0.25) is 0 Å². The summed E-state index contributed by atoms with van der Waals surface area (Å²) in [5, 5.41) is 0.845. The Morgan fingerprint density at radius 1 is 1.04 bits per heavy atom. The number of rotatable bonds is 5. The zero-order chi connectivity index (χ0) is 16.2. The van der Waals surface area contributed by atoms with Crippen LogP contribution in [0.5, 0.6) is 11.5 Å². The SMILES string of the molecule is CCCOc1ccc2c(-c3ccccc3OC)cc(=O)oc2c1. The summed E-state index contributed by atoms with van der Waals surface area (Å²) >= 11 is 0. The fourth-order valence-corrected chi connectivity index (χ4v) is 2.54. The van der Waals surface area contributed by atoms with Gasteiger partial charge in [0.05, 0.1) is 13.7 Å². The first kappa shape index (κ1) is 15.2. The Bertz CT molecular complexity index is 880. The van der Waals surface area contributed by atoms with Crippen molar-refractivity contribution in [2.24, 2.45) is 0 Å². The third-order valence-corrected chi connectivity index (χ3v) is 3.59. The summed E-state index contributed by atoms with van der Waals surface area (Å²) in [5.41, 5.74) is 1.75. The van der Waals surface area contributed by atoms with E-state index in [9.17, 15) is 4.79 Å². The maximum absolute atomic E-state index is 12.0. The van der Waals surface area contributed by atoms with E-state index in [1.54, 1.807) is 13.2 Å². The van der Waals surface area contributed by atoms with Gasteiger partial charge in [-0.05, 0) is 24.6 Å². The summed E-state index contributed by atoms with van der Waals surface area (Å²) in [5.74, 6) is 1.41. The van der Waals surface area contributed by atoms with E-state index in [1.807, 2.05) is 43.3 Å². The van der Waals surface area contributed by atoms with Crippen LogP contribution < -0.4 is 15.1 Å². The minimum absolute atomic E-state index is 0.397. The summed E-state index contributed by atoms with van der Waals surface area (Å²) in [7, 11) is 1.61. The molecule has 3 aromatic rings. The minimum Gasteiger partial charge on any atom is -0.496 e. The van der Waals surface area contributed by atoms with Crippen molar-refractivity contribution < 1.29 is 13.9 Å². The highest BCUT2D eigenvalue weighted by Gasteiger charge is 2.12. The van der Waals surface area contributed by atoms with Crippen molar-refractivity contribution in [3.8, 4) is 22.6 Å². The molecule has 0 spiro atoms. The number of hydrogen-bond donors (Lipinski definition) is 0. The third-order valence-electron chi connectivity index (χ3n) is 3.59. The van der Waals surface area contributed by atoms with E-state index < -0.39 is 5.63 Å². The van der Waals surface area contributed by atoms with E-state index in [0.717, 1.165) is 22.9 Å². The van der Waals surface area contributed by atoms with Gasteiger partial charge in [0.15, 0.2) is 0 Å². The molecule has 0 N–H and O–H groups in total. The molecule has 118 valence electrons. The smallest absolute Gasteiger partial charge is 0.336 e. The lowest BCUT2D eigenvalue weighted by molar-refractivity contribution is 0.317. The lowest BCUT2D eigenvalue weighted by atomic mass is 10.0. The Kier molecular flexibility index (Phi) is 4.33. The second-order valence-electron chi connectivity index (χ2n) is 5.19. The van der Waals surface area contributed by atoms with Gasteiger partial charge < -0.3 is 13.9 Å². The first-order valence-corrected chi connectivity index (χ1v) is 7.57. The van der Waals surface area contributed by atoms with E-state index >= 15 is 0 Å². The largest absolute Gasteiger partial charge is 0.496 e. The average Bonchev–Trinajstić information content (AvgIpc) is 2.58. The second-order valence-corrected chi connectivity index (χ2v) is 5.19. The van der Waals surface area contributed by atoms with Crippen molar-refractivity contribution in [3.05, 3.63) is 59.0 Å². The average molecular weight is 310 g/mol. The zero-order valence-corrected chi connectivity index (χ0v) is 13.2. The molecule has 0 radical (unpaired) electrons. The fourth-order valence-electron chi connectivity index (χ4n) is 2.54. The van der Waals surface area contributed by atoms with E-state index in [2.05, 4.69) is 0 Å². The van der Waals surface area contributed by atoms with Gasteiger partial charge in [0, 0.05) is 28.6 Å². The summed E-state index contributed by atoms with van der Waals surface area (Å²) in [6, 6.07) is 14.6. The maximum atomic E-state index is 12.0. The lowest BCUT2D eigenvalue weighted by Crippen LogP contribution is -2.00. The number of ether oxygens (including phenoxy) is 2. The molecule has 0 aliphatic carbocycles. The lowest BCUT2D eigenvalue weighted by Gasteiger charge is -2.11. The molecular formula is C19H18O4. The molecule has 2 aromatic carbocycles. The highest BCUT2D eigenvalue weighted by molar-refractivity contribution is 5.95. The molecule has 23 heavy (non-hydrogen) atoms. The van der Waals surface area contributed by atoms with Crippen LogP contribution in [0.15, 0.2) is 57.7 Å². The van der Waals surface area contributed by atoms with Crippen LogP contribution >= 0.6 is 0 Å². The maximum Gasteiger partial charge on any atom is 0.336 e. The van der Waals surface area contributed by atoms with Gasteiger partial charge >= 0.3 is 5.63 Å². The van der Waals surface area contributed by atoms with Crippen LogP contribution in [-0.2, 0) is 0 Å². The molecular weight excluding hydrogens is 292 g/mol. The van der Waals surface area contributed by atoms with E-state index in [1.165, 1.54) is 6.07 Å². The van der Waals surface area contributed by atoms with Gasteiger partial charge in [-0.2, -0.15) is 0 Å². The normalized spacial score (nSPS) is 10.7. The van der Waals surface area contributed by atoms with Crippen molar-refractivity contribution in [2.45, 2.75) is 13.3 Å². The standard InChI is InChI=1S/C19H18O4/c1-3-10-22-13-8-9-15-16(12-19(20)23-18(15)11-13)14-6-4-5-7-17(14)21-2/h4-9,11-12H,3,10H2,1-2H3. The molecule has 0 bridgehead atoms. The van der Waals surface area contributed by atoms with Crippen LogP contribution in [0.25, 0.3) is 22.1 Å². The molecule has 0 amide bonds. The Morgan fingerprint density at radius 3 is 2.65 bits per heavy atom. The summed E-state index contributed by atoms with van der Waals surface area (Å²) < 4.78 is 16.4. The number of fused-ring (bicyclic) bond motifs is 1. The molecule has 0 saturated carbocycles. The van der Waals surface area contributed by atoms with Crippen molar-refractivity contribution in [1.29, 1.82) is 0 Å². The van der Waals surface area contributed by atoms with Crippen molar-refractivity contribution >= 4 is 11.0 Å². The van der Waals surface area contributed by atoms with Crippen LogP contribution in [0.2, 0.25) is 0 Å². The van der Waals surface area contributed by atoms with Crippen LogP contribution in [0, 0.1) is 0 Å². The Labute approximate surface area is 134 Å². The molecule has 0 aliphatic heterocycles. The molecule has 4 heteroatoms. The minimum atomic E-state index is -0.397. The van der Waals surface area contributed by atoms with Gasteiger partial charge in [-0.1, -0.05) is 25.1 Å². The quantitative estimate of drug-likeness (QED) is 0.661. The fraction of sp³-hybridized carbons (Fsp3) is 0.211. The number of benzene rings is 2. The second kappa shape index (κ2) is 6.57. The highest BCUT2D eigenvalue weighted by atomic mass is 16.5. The number of methoxy groups -OCH3 is 1. The molecule has 4 nitrogen and oxygen atoms in total. The summed E-state index contributed by atoms with van der Waals surface area (Å²) in [6.45, 7) is 2.67. The molecule has 3 rings (SSSR count). The topological polar surface area (TPSA) is 48.7 Å². The third kappa shape index (κ3) is 3.06. The Hall–Kier alpha value is -2.75. The van der Waals surface area contributed by atoms with Gasteiger partial charge in [-0.15, -0.1) is 0 Å². The molecule has 1 heterocycles. The van der Waals surface area contributed by atoms with Gasteiger partial charge in [0.2, 0.25) is 0 Å². The van der Waals surface area contributed by atoms with E-state index in [4.69, 9.17) is 13.9 Å². The van der Waals surface area contributed by atoms with Crippen LogP contribution in [0.3, 0.4) is 0 Å². The van der Waals surface area contributed by atoms with Gasteiger partial charge in [-0.25, -0.2) is 4.79 Å². The molecule has 0 fully saturated rings. The zero-order valence-electron chi connectivity index (χ0n) is 13.2. The van der Waals surface area contributed by atoms with Crippen molar-refractivity contribution in [3.63, 3.8) is 0 Å². The molecule has 0 unspecified atom stereocenters. The van der Waals surface area contributed by atoms with Crippen molar-refractivity contribution in [2.75, 3.05) is 13.7 Å². The highest BCUT2D eigenvalue weighted by Crippen LogP contribution is 2.34. The Morgan fingerprint density at radius 2 is 1.87 bits per heavy atom. The van der Waals surface area contributed by atoms with Crippen LogP contribution in [0.4, 0.5) is 0 Å². The molecule has 0 aliphatic rings. The van der Waals surface area contributed by atoms with Gasteiger partial charge in [0.1, 0.15) is 17.1 Å². The van der Waals surface area contributed by atoms with Crippen molar-refractivity contribution in [1.82, 2.24) is 0 Å². The monoisotopic (exact) mass is 310 g/mol. The summed E-state index contributed by atoms with van der Waals surface area (Å²) in [4.78, 5) is 12.0. The van der Waals surface area contributed by atoms with Gasteiger partial charge in [0.25, 0.3) is 0 Å². The first-order chi connectivity index (χ1) is 11.2. The number of hydrogen-bond acceptors (Lipinski definition) is 4. The summed E-state index contributed by atoms with van der Waals surface area (Å²) in [6.07, 6.45) is 0.920. The Balaban J connectivity index is 2.19. The predicted molar refractivity (Wildman–Crippen MR) is 90.3 cm³/mol. The molecule has 0 atom stereocenters. The first-order valence-electron chi connectivity index (χ1n) is 7.57. The van der Waals surface area contributed by atoms with Crippen LogP contribution in [-0.4, -0.2) is 13.7 Å². The van der Waals surface area contributed by atoms with E-state index in [-0.39, 0.29) is 0 Å². The number of para-hydroxylation sites is 1. The predicted octanol–water partition coefficient (Wildman–Crippen LogP) is 4.26. The molecule has 0 saturated heterocycles. The molecule has 1 aromatic heterocycles.